The first-order valence-corrected chi connectivity index (χ1v) is 12.5. The van der Waals surface area contributed by atoms with E-state index in [-0.39, 0.29) is 21.4 Å². The molecule has 10 heteroatoms. The molecule has 0 aliphatic carbocycles. The molecule has 0 atom stereocenters. The van der Waals surface area contributed by atoms with E-state index in [0.29, 0.717) is 17.3 Å². The van der Waals surface area contributed by atoms with Gasteiger partial charge in [-0.15, -0.1) is 0 Å². The first-order chi connectivity index (χ1) is 14.5. The third-order valence-electron chi connectivity index (χ3n) is 4.48. The van der Waals surface area contributed by atoms with Gasteiger partial charge in [-0.05, 0) is 67.8 Å². The summed E-state index contributed by atoms with van der Waals surface area (Å²) in [5.74, 6) is 0.272. The van der Waals surface area contributed by atoms with Gasteiger partial charge in [0, 0.05) is 17.1 Å². The third kappa shape index (κ3) is 5.59. The summed E-state index contributed by atoms with van der Waals surface area (Å²) >= 11 is 0. The molecule has 2 aromatic carbocycles. The Morgan fingerprint density at radius 2 is 1.16 bits per heavy atom. The number of nitrogens with zero attached hydrogens (tertiary/aromatic N) is 2. The van der Waals surface area contributed by atoms with Crippen molar-refractivity contribution in [2.75, 3.05) is 9.44 Å². The second-order valence-electron chi connectivity index (χ2n) is 7.43. The normalized spacial score (nSPS) is 12.0. The summed E-state index contributed by atoms with van der Waals surface area (Å²) in [6.45, 7) is 7.53. The van der Waals surface area contributed by atoms with Crippen LogP contribution in [-0.2, 0) is 20.0 Å². The average Bonchev–Trinajstić information content (AvgIpc) is 2.67. The molecule has 0 radical (unpaired) electrons. The third-order valence-corrected chi connectivity index (χ3v) is 7.22. The van der Waals surface area contributed by atoms with Gasteiger partial charge < -0.3 is 0 Å². The highest BCUT2D eigenvalue weighted by molar-refractivity contribution is 7.93. The molecular formula is C21H24N4O4S2. The number of sulfonamides is 2. The minimum absolute atomic E-state index is 0.0212. The lowest BCUT2D eigenvalue weighted by atomic mass is 10.0. The second-order valence-corrected chi connectivity index (χ2v) is 10.8. The molecule has 0 aliphatic heterocycles. The quantitative estimate of drug-likeness (QED) is 0.553. The minimum Gasteiger partial charge on any atom is -0.280 e. The number of rotatable bonds is 7. The standard InChI is InChI=1S/C21H24N4O4S2/c1-14(2)17-5-9-19(10-6-17)30(26,27)24-18-7-11-20(12-8-18)31(28,29)25-21-22-15(3)13-16(4)23-21/h5-14,24H,1-4H3,(H,22,23,25). The Bertz CT molecular complexity index is 1270. The zero-order valence-electron chi connectivity index (χ0n) is 17.6. The van der Waals surface area contributed by atoms with E-state index in [1.165, 1.54) is 24.3 Å². The van der Waals surface area contributed by atoms with Crippen molar-refractivity contribution in [1.82, 2.24) is 9.97 Å². The van der Waals surface area contributed by atoms with Gasteiger partial charge in [-0.2, -0.15) is 0 Å². The van der Waals surface area contributed by atoms with Gasteiger partial charge >= 0.3 is 0 Å². The average molecular weight is 461 g/mol. The molecule has 0 fully saturated rings. The maximum Gasteiger partial charge on any atom is 0.264 e. The van der Waals surface area contributed by atoms with Crippen LogP contribution in [0.4, 0.5) is 11.6 Å². The van der Waals surface area contributed by atoms with Crippen LogP contribution in [0.2, 0.25) is 0 Å². The monoisotopic (exact) mass is 460 g/mol. The smallest absolute Gasteiger partial charge is 0.264 e. The van der Waals surface area contributed by atoms with Crippen molar-refractivity contribution < 1.29 is 16.8 Å². The molecule has 164 valence electrons. The van der Waals surface area contributed by atoms with Gasteiger partial charge in [0.15, 0.2) is 0 Å². The highest BCUT2D eigenvalue weighted by Gasteiger charge is 2.18. The van der Waals surface area contributed by atoms with Crippen molar-refractivity contribution in [3.8, 4) is 0 Å². The number of anilines is 2. The van der Waals surface area contributed by atoms with Gasteiger partial charge in [0.2, 0.25) is 5.95 Å². The number of benzene rings is 2. The van der Waals surface area contributed by atoms with Crippen LogP contribution in [0.3, 0.4) is 0 Å². The van der Waals surface area contributed by atoms with Crippen molar-refractivity contribution in [1.29, 1.82) is 0 Å². The van der Waals surface area contributed by atoms with Crippen LogP contribution in [0.25, 0.3) is 0 Å². The molecule has 3 rings (SSSR count). The van der Waals surface area contributed by atoms with Gasteiger partial charge in [-0.1, -0.05) is 26.0 Å². The van der Waals surface area contributed by atoms with Crippen LogP contribution in [0.5, 0.6) is 0 Å². The topological polar surface area (TPSA) is 118 Å². The van der Waals surface area contributed by atoms with E-state index in [4.69, 9.17) is 0 Å². The molecule has 3 aromatic rings. The highest BCUT2D eigenvalue weighted by Crippen LogP contribution is 2.22. The summed E-state index contributed by atoms with van der Waals surface area (Å²) in [7, 11) is -7.72. The Kier molecular flexibility index (Phi) is 6.33. The van der Waals surface area contributed by atoms with Gasteiger partial charge in [0.1, 0.15) is 0 Å². The molecule has 2 N–H and O–H groups in total. The predicted molar refractivity (Wildman–Crippen MR) is 120 cm³/mol. The molecular weight excluding hydrogens is 436 g/mol. The Labute approximate surface area is 182 Å². The largest absolute Gasteiger partial charge is 0.280 e. The Morgan fingerprint density at radius 1 is 0.710 bits per heavy atom. The minimum atomic E-state index is -3.92. The first-order valence-electron chi connectivity index (χ1n) is 9.54. The zero-order chi connectivity index (χ0) is 22.8. The van der Waals surface area contributed by atoms with Crippen molar-refractivity contribution in [3.05, 3.63) is 71.5 Å². The molecule has 8 nitrogen and oxygen atoms in total. The Balaban J connectivity index is 1.77. The van der Waals surface area contributed by atoms with Crippen molar-refractivity contribution in [2.24, 2.45) is 0 Å². The molecule has 0 saturated heterocycles. The fraction of sp³-hybridized carbons (Fsp3) is 0.238. The molecule has 0 saturated carbocycles. The molecule has 0 amide bonds. The molecule has 0 aliphatic rings. The van der Waals surface area contributed by atoms with Crippen molar-refractivity contribution in [2.45, 2.75) is 43.4 Å². The molecule has 31 heavy (non-hydrogen) atoms. The first kappa shape index (κ1) is 22.7. The van der Waals surface area contributed by atoms with Crippen LogP contribution in [0.15, 0.2) is 64.4 Å². The maximum atomic E-state index is 12.6. The van der Waals surface area contributed by atoms with Crippen LogP contribution in [-0.4, -0.2) is 26.8 Å². The number of aromatic nitrogens is 2. The van der Waals surface area contributed by atoms with Crippen molar-refractivity contribution in [3.63, 3.8) is 0 Å². The van der Waals surface area contributed by atoms with Gasteiger partial charge in [0.25, 0.3) is 20.0 Å². The van der Waals surface area contributed by atoms with E-state index in [2.05, 4.69) is 19.4 Å². The molecule has 1 aromatic heterocycles. The van der Waals surface area contributed by atoms with E-state index in [1.807, 2.05) is 13.8 Å². The van der Waals surface area contributed by atoms with Gasteiger partial charge in [0.05, 0.1) is 9.79 Å². The summed E-state index contributed by atoms with van der Waals surface area (Å²) in [5, 5.41) is 0. The van der Waals surface area contributed by atoms with E-state index in [9.17, 15) is 16.8 Å². The predicted octanol–water partition coefficient (Wildman–Crippen LogP) is 3.82. The van der Waals surface area contributed by atoms with Gasteiger partial charge in [-0.3, -0.25) is 4.72 Å². The SMILES string of the molecule is Cc1cc(C)nc(NS(=O)(=O)c2ccc(NS(=O)(=O)c3ccc(C(C)C)cc3)cc2)n1. The van der Waals surface area contributed by atoms with E-state index >= 15 is 0 Å². The molecule has 0 spiro atoms. The molecule has 0 unspecified atom stereocenters. The number of hydrogen-bond donors (Lipinski definition) is 2. The summed E-state index contributed by atoms with van der Waals surface area (Å²) in [5.41, 5.74) is 2.55. The maximum absolute atomic E-state index is 12.6. The summed E-state index contributed by atoms with van der Waals surface area (Å²) < 4.78 is 55.2. The number of nitrogens with one attached hydrogen (secondary N) is 2. The molecule has 1 heterocycles. The van der Waals surface area contributed by atoms with Crippen LogP contribution in [0.1, 0.15) is 36.7 Å². The van der Waals surface area contributed by atoms with Crippen LogP contribution in [0, 0.1) is 13.8 Å². The lowest BCUT2D eigenvalue weighted by Gasteiger charge is -2.11. The van der Waals surface area contributed by atoms with Crippen molar-refractivity contribution >= 4 is 31.7 Å². The summed E-state index contributed by atoms with van der Waals surface area (Å²) in [6, 6.07) is 13.8. The number of hydrogen-bond acceptors (Lipinski definition) is 6. The lowest BCUT2D eigenvalue weighted by Crippen LogP contribution is -2.16. The lowest BCUT2D eigenvalue weighted by molar-refractivity contribution is 0.599. The fourth-order valence-electron chi connectivity index (χ4n) is 2.90. The van der Waals surface area contributed by atoms with Crippen LogP contribution < -0.4 is 9.44 Å². The Hall–Kier alpha value is -2.98. The fourth-order valence-corrected chi connectivity index (χ4v) is 4.90. The molecule has 0 bridgehead atoms. The highest BCUT2D eigenvalue weighted by atomic mass is 32.2. The van der Waals surface area contributed by atoms with E-state index in [1.54, 1.807) is 44.2 Å². The summed E-state index contributed by atoms with van der Waals surface area (Å²) in [4.78, 5) is 8.22. The summed E-state index contributed by atoms with van der Waals surface area (Å²) in [6.07, 6.45) is 0. The van der Waals surface area contributed by atoms with E-state index < -0.39 is 20.0 Å². The number of aryl methyl sites for hydroxylation is 2. The van der Waals surface area contributed by atoms with Crippen LogP contribution >= 0.6 is 0 Å². The van der Waals surface area contributed by atoms with E-state index in [0.717, 1.165) is 5.56 Å². The Morgan fingerprint density at radius 3 is 1.65 bits per heavy atom. The zero-order valence-corrected chi connectivity index (χ0v) is 19.3. The van der Waals surface area contributed by atoms with Gasteiger partial charge in [-0.25, -0.2) is 31.5 Å². The second kappa shape index (κ2) is 8.64.